The van der Waals surface area contributed by atoms with Crippen molar-refractivity contribution in [1.82, 2.24) is 0 Å². The van der Waals surface area contributed by atoms with Crippen LogP contribution in [0.2, 0.25) is 5.02 Å². The highest BCUT2D eigenvalue weighted by atomic mass is 79.9. The third kappa shape index (κ3) is 3.26. The molecule has 2 rings (SSSR count). The zero-order valence-corrected chi connectivity index (χ0v) is 12.8. The maximum Gasteiger partial charge on any atom is 0.119 e. The molecule has 0 aliphatic rings. The van der Waals surface area contributed by atoms with Crippen molar-refractivity contribution in [2.75, 3.05) is 7.11 Å². The van der Waals surface area contributed by atoms with Crippen molar-refractivity contribution in [2.45, 2.75) is 12.5 Å². The van der Waals surface area contributed by atoms with Crippen LogP contribution in [0, 0.1) is 0 Å². The van der Waals surface area contributed by atoms with Crippen molar-refractivity contribution in [3.05, 3.63) is 49.6 Å². The summed E-state index contributed by atoms with van der Waals surface area (Å²) in [4.78, 5) is 0.856. The highest BCUT2D eigenvalue weighted by Crippen LogP contribution is 2.36. The molecule has 0 bridgehead atoms. The Morgan fingerprint density at radius 2 is 2.22 bits per heavy atom. The van der Waals surface area contributed by atoms with Gasteiger partial charge in [-0.1, -0.05) is 23.7 Å². The van der Waals surface area contributed by atoms with E-state index in [-0.39, 0.29) is 0 Å². The standard InChI is InChI=1S/C13H12BrClO2S/c1-17-9-4-2-3-8(5-9)6-11(16)12-7-10(15)13(14)18-12/h2-5,7,11,16H,6H2,1H3. The van der Waals surface area contributed by atoms with Crippen LogP contribution in [-0.2, 0) is 6.42 Å². The summed E-state index contributed by atoms with van der Waals surface area (Å²) >= 11 is 10.8. The van der Waals surface area contributed by atoms with Gasteiger partial charge in [-0.2, -0.15) is 0 Å². The van der Waals surface area contributed by atoms with Gasteiger partial charge in [0.25, 0.3) is 0 Å². The predicted octanol–water partition coefficient (Wildman–Crippen LogP) is 4.45. The van der Waals surface area contributed by atoms with Gasteiger partial charge in [0.1, 0.15) is 5.75 Å². The topological polar surface area (TPSA) is 29.5 Å². The molecule has 1 atom stereocenters. The number of ether oxygens (including phenoxy) is 1. The van der Waals surface area contributed by atoms with Gasteiger partial charge in [0.2, 0.25) is 0 Å². The molecule has 0 radical (unpaired) electrons. The summed E-state index contributed by atoms with van der Waals surface area (Å²) in [7, 11) is 1.63. The van der Waals surface area contributed by atoms with Gasteiger partial charge in [0, 0.05) is 11.3 Å². The van der Waals surface area contributed by atoms with E-state index in [0.717, 1.165) is 20.0 Å². The number of benzene rings is 1. The van der Waals surface area contributed by atoms with Gasteiger partial charge < -0.3 is 9.84 Å². The predicted molar refractivity (Wildman–Crippen MR) is 78.7 cm³/mol. The summed E-state index contributed by atoms with van der Waals surface area (Å²) in [5, 5.41) is 10.8. The molecule has 1 unspecified atom stereocenters. The lowest BCUT2D eigenvalue weighted by Crippen LogP contribution is -1.99. The van der Waals surface area contributed by atoms with Crippen molar-refractivity contribution < 1.29 is 9.84 Å². The molecule has 0 aliphatic carbocycles. The van der Waals surface area contributed by atoms with Gasteiger partial charge in [0.05, 0.1) is 22.0 Å². The number of thiophene rings is 1. The van der Waals surface area contributed by atoms with E-state index in [1.807, 2.05) is 24.3 Å². The van der Waals surface area contributed by atoms with Crippen LogP contribution in [0.25, 0.3) is 0 Å². The van der Waals surface area contributed by atoms with E-state index < -0.39 is 6.10 Å². The third-order valence-corrected chi connectivity index (χ3v) is 5.13. The van der Waals surface area contributed by atoms with Crippen molar-refractivity contribution in [1.29, 1.82) is 0 Å². The smallest absolute Gasteiger partial charge is 0.119 e. The Morgan fingerprint density at radius 1 is 1.44 bits per heavy atom. The van der Waals surface area contributed by atoms with Gasteiger partial charge in [-0.3, -0.25) is 0 Å². The minimum Gasteiger partial charge on any atom is -0.497 e. The Hall–Kier alpha value is -0.550. The molecule has 0 spiro atoms. The minimum absolute atomic E-state index is 0.542. The zero-order valence-electron chi connectivity index (χ0n) is 9.69. The number of halogens is 2. The first-order chi connectivity index (χ1) is 8.60. The summed E-state index contributed by atoms with van der Waals surface area (Å²) in [5.41, 5.74) is 1.03. The second-order valence-electron chi connectivity index (χ2n) is 3.84. The quantitative estimate of drug-likeness (QED) is 0.885. The van der Waals surface area contributed by atoms with Crippen LogP contribution in [0.4, 0.5) is 0 Å². The fourth-order valence-corrected chi connectivity index (χ4v) is 3.38. The van der Waals surface area contributed by atoms with Crippen molar-refractivity contribution in [3.8, 4) is 5.75 Å². The van der Waals surface area contributed by atoms with Crippen LogP contribution >= 0.6 is 38.9 Å². The van der Waals surface area contributed by atoms with E-state index in [1.165, 1.54) is 11.3 Å². The van der Waals surface area contributed by atoms with Crippen LogP contribution in [0.15, 0.2) is 34.1 Å². The second kappa shape index (κ2) is 6.06. The SMILES string of the molecule is COc1cccc(CC(O)c2cc(Cl)c(Br)s2)c1. The Morgan fingerprint density at radius 3 is 2.83 bits per heavy atom. The highest BCUT2D eigenvalue weighted by Gasteiger charge is 2.14. The van der Waals surface area contributed by atoms with Gasteiger partial charge in [0.15, 0.2) is 0 Å². The largest absolute Gasteiger partial charge is 0.497 e. The lowest BCUT2D eigenvalue weighted by Gasteiger charge is -2.09. The Balaban J connectivity index is 2.13. The van der Waals surface area contributed by atoms with Crippen molar-refractivity contribution in [2.24, 2.45) is 0 Å². The first-order valence-electron chi connectivity index (χ1n) is 5.36. The van der Waals surface area contributed by atoms with Crippen molar-refractivity contribution in [3.63, 3.8) is 0 Å². The van der Waals surface area contributed by atoms with E-state index in [2.05, 4.69) is 15.9 Å². The molecule has 0 aliphatic heterocycles. The molecule has 2 aromatic rings. The highest BCUT2D eigenvalue weighted by molar-refractivity contribution is 9.11. The molecule has 1 aromatic carbocycles. The molecule has 2 nitrogen and oxygen atoms in total. The molecule has 96 valence electrons. The van der Waals surface area contributed by atoms with Gasteiger partial charge in [-0.05, 0) is 39.7 Å². The molecule has 0 amide bonds. The Bertz CT molecular complexity index is 522. The van der Waals surface area contributed by atoms with E-state index in [1.54, 1.807) is 13.2 Å². The summed E-state index contributed by atoms with van der Waals surface area (Å²) < 4.78 is 6.01. The maximum atomic E-state index is 10.2. The number of hydrogen-bond acceptors (Lipinski definition) is 3. The maximum absolute atomic E-state index is 10.2. The monoisotopic (exact) mass is 346 g/mol. The molecular weight excluding hydrogens is 336 g/mol. The van der Waals surface area contributed by atoms with Crippen LogP contribution in [0.3, 0.4) is 0 Å². The van der Waals surface area contributed by atoms with E-state index in [9.17, 15) is 5.11 Å². The average molecular weight is 348 g/mol. The second-order valence-corrected chi connectivity index (χ2v) is 6.65. The number of aliphatic hydroxyl groups excluding tert-OH is 1. The lowest BCUT2D eigenvalue weighted by atomic mass is 10.1. The fraction of sp³-hybridized carbons (Fsp3) is 0.231. The van der Waals surface area contributed by atoms with Gasteiger partial charge in [-0.15, -0.1) is 11.3 Å². The van der Waals surface area contributed by atoms with Crippen LogP contribution < -0.4 is 4.74 Å². The summed E-state index contributed by atoms with van der Waals surface area (Å²) in [6.07, 6.45) is -0.00794. The molecular formula is C13H12BrClO2S. The first-order valence-corrected chi connectivity index (χ1v) is 7.34. The molecule has 1 N–H and O–H groups in total. The fourth-order valence-electron chi connectivity index (χ4n) is 1.65. The molecule has 1 heterocycles. The average Bonchev–Trinajstić information content (AvgIpc) is 2.70. The Labute approximate surface area is 123 Å². The van der Waals surface area contributed by atoms with Crippen LogP contribution in [0.1, 0.15) is 16.5 Å². The molecule has 18 heavy (non-hydrogen) atoms. The summed E-state index contributed by atoms with van der Waals surface area (Å²) in [6.45, 7) is 0. The molecule has 0 saturated heterocycles. The zero-order chi connectivity index (χ0) is 13.1. The van der Waals surface area contributed by atoms with Gasteiger partial charge >= 0.3 is 0 Å². The minimum atomic E-state index is -0.550. The molecule has 1 aromatic heterocycles. The van der Waals surface area contributed by atoms with Crippen LogP contribution in [-0.4, -0.2) is 12.2 Å². The van der Waals surface area contributed by atoms with Crippen molar-refractivity contribution >= 4 is 38.9 Å². The van der Waals surface area contributed by atoms with E-state index in [0.29, 0.717) is 11.4 Å². The summed E-state index contributed by atoms with van der Waals surface area (Å²) in [5.74, 6) is 0.796. The summed E-state index contributed by atoms with van der Waals surface area (Å²) in [6, 6.07) is 9.48. The molecule has 0 fully saturated rings. The lowest BCUT2D eigenvalue weighted by molar-refractivity contribution is 0.182. The molecule has 5 heteroatoms. The van der Waals surface area contributed by atoms with E-state index >= 15 is 0 Å². The molecule has 0 saturated carbocycles. The first kappa shape index (κ1) is 13.9. The number of hydrogen-bond donors (Lipinski definition) is 1. The van der Waals surface area contributed by atoms with E-state index in [4.69, 9.17) is 16.3 Å². The number of aliphatic hydroxyl groups is 1. The number of rotatable bonds is 4. The van der Waals surface area contributed by atoms with Gasteiger partial charge in [-0.25, -0.2) is 0 Å². The van der Waals surface area contributed by atoms with Crippen LogP contribution in [0.5, 0.6) is 5.75 Å². The third-order valence-electron chi connectivity index (χ3n) is 2.56. The normalized spacial score (nSPS) is 12.4. The number of methoxy groups -OCH3 is 1. The Kier molecular flexibility index (Phi) is 4.67.